The van der Waals surface area contributed by atoms with E-state index in [2.05, 4.69) is 34.9 Å². The summed E-state index contributed by atoms with van der Waals surface area (Å²) in [4.78, 5) is 15.9. The number of halogens is 1. The number of nitrogens with zero attached hydrogens (tertiary/aromatic N) is 7. The highest BCUT2D eigenvalue weighted by molar-refractivity contribution is 7.93. The molecule has 0 radical (unpaired) electrons. The molecule has 1 atom stereocenters. The minimum absolute atomic E-state index is 0.0591. The zero-order chi connectivity index (χ0) is 25.0. The maximum Gasteiger partial charge on any atom is 0.245 e. The average Bonchev–Trinajstić information content (AvgIpc) is 3.27. The zero-order valence-electron chi connectivity index (χ0n) is 19.0. The maximum absolute atomic E-state index is 13.2. The Morgan fingerprint density at radius 1 is 1.00 bits per heavy atom. The number of methoxy groups -OCH3 is 2. The number of sulfonamides is 1. The van der Waals surface area contributed by atoms with Crippen LogP contribution in [-0.4, -0.2) is 62.6 Å². The molecule has 182 valence electrons. The first-order chi connectivity index (χ1) is 16.8. The van der Waals surface area contributed by atoms with Crippen LogP contribution < -0.4 is 14.2 Å². The van der Waals surface area contributed by atoms with Gasteiger partial charge in [-0.3, -0.25) is 9.29 Å². The van der Waals surface area contributed by atoms with Crippen molar-refractivity contribution in [2.75, 3.05) is 18.9 Å². The highest BCUT2D eigenvalue weighted by Gasteiger charge is 2.29. The molecule has 35 heavy (non-hydrogen) atoms. The predicted molar refractivity (Wildman–Crippen MR) is 123 cm³/mol. The van der Waals surface area contributed by atoms with Crippen molar-refractivity contribution in [3.63, 3.8) is 0 Å². The molecule has 0 aliphatic rings. The summed E-state index contributed by atoms with van der Waals surface area (Å²) in [6.07, 6.45) is 3.15. The lowest BCUT2D eigenvalue weighted by Gasteiger charge is -2.17. The second-order valence-electron chi connectivity index (χ2n) is 7.27. The summed E-state index contributed by atoms with van der Waals surface area (Å²) in [7, 11) is -1.21. The van der Waals surface area contributed by atoms with Crippen LogP contribution in [0.25, 0.3) is 17.1 Å². The van der Waals surface area contributed by atoms with Gasteiger partial charge in [0.25, 0.3) is 0 Å². The van der Waals surface area contributed by atoms with Crippen LogP contribution in [0.2, 0.25) is 0 Å². The van der Waals surface area contributed by atoms with Gasteiger partial charge in [0.05, 0.1) is 31.9 Å². The summed E-state index contributed by atoms with van der Waals surface area (Å²) >= 11 is 0. The van der Waals surface area contributed by atoms with Gasteiger partial charge in [-0.1, -0.05) is 30.3 Å². The van der Waals surface area contributed by atoms with Crippen molar-refractivity contribution in [1.29, 1.82) is 0 Å². The van der Waals surface area contributed by atoms with Crippen LogP contribution in [0, 0.1) is 5.82 Å². The summed E-state index contributed by atoms with van der Waals surface area (Å²) in [5, 5.41) is 7.29. The number of nitrogens with one attached hydrogen (secondary N) is 1. The Morgan fingerprint density at radius 3 is 2.23 bits per heavy atom. The van der Waals surface area contributed by atoms with E-state index < -0.39 is 21.1 Å². The largest absolute Gasteiger partial charge is 0.479 e. The number of hydrogen-bond donors (Lipinski definition) is 1. The van der Waals surface area contributed by atoms with Gasteiger partial charge in [0, 0.05) is 12.0 Å². The lowest BCUT2D eigenvalue weighted by Crippen LogP contribution is -2.29. The van der Waals surface area contributed by atoms with E-state index >= 15 is 0 Å². The number of benzene rings is 1. The van der Waals surface area contributed by atoms with Gasteiger partial charge in [-0.2, -0.15) is 9.97 Å². The van der Waals surface area contributed by atoms with Crippen molar-refractivity contribution in [1.82, 2.24) is 34.7 Å². The Kier molecular flexibility index (Phi) is 6.82. The molecule has 0 saturated carbocycles. The van der Waals surface area contributed by atoms with Crippen LogP contribution in [0.5, 0.6) is 11.8 Å². The first-order valence-corrected chi connectivity index (χ1v) is 11.8. The van der Waals surface area contributed by atoms with Gasteiger partial charge >= 0.3 is 0 Å². The zero-order valence-corrected chi connectivity index (χ0v) is 19.8. The van der Waals surface area contributed by atoms with E-state index in [1.54, 1.807) is 24.3 Å². The molecule has 0 fully saturated rings. The summed E-state index contributed by atoms with van der Waals surface area (Å²) in [6.45, 7) is 1.47. The van der Waals surface area contributed by atoms with Crippen molar-refractivity contribution in [2.45, 2.75) is 18.6 Å². The molecule has 0 amide bonds. The fraction of sp³-hybridized carbons (Fsp3) is 0.238. The Hall–Kier alpha value is -4.20. The Morgan fingerprint density at radius 2 is 1.63 bits per heavy atom. The normalized spacial score (nSPS) is 12.2. The molecule has 0 aliphatic carbocycles. The van der Waals surface area contributed by atoms with E-state index in [0.29, 0.717) is 11.4 Å². The van der Waals surface area contributed by atoms with Gasteiger partial charge in [-0.05, 0) is 6.92 Å². The van der Waals surface area contributed by atoms with E-state index in [1.165, 1.54) is 32.0 Å². The second-order valence-corrected chi connectivity index (χ2v) is 9.37. The maximum atomic E-state index is 13.2. The standard InChI is InChI=1S/C21H21FN8O4S/c1-13(9-16-23-10-15(22)11-24-16)35(31,32)29-21-28-27-18(14-7-5-4-6-8-14)30(21)17-19(33-2)25-12-26-20(17)34-3/h4-8,10-13H,9H2,1-3H3,(H,28,29). The van der Waals surface area contributed by atoms with E-state index in [-0.39, 0.29) is 35.6 Å². The molecule has 1 aromatic carbocycles. The van der Waals surface area contributed by atoms with E-state index in [0.717, 1.165) is 12.4 Å². The van der Waals surface area contributed by atoms with Crippen molar-refractivity contribution in [3.05, 3.63) is 60.7 Å². The number of anilines is 1. The highest BCUT2D eigenvalue weighted by atomic mass is 32.2. The van der Waals surface area contributed by atoms with Crippen LogP contribution in [0.4, 0.5) is 10.3 Å². The molecule has 0 saturated heterocycles. The second kappa shape index (κ2) is 9.97. The highest BCUT2D eigenvalue weighted by Crippen LogP contribution is 2.35. The first kappa shape index (κ1) is 23.9. The SMILES string of the molecule is COc1ncnc(OC)c1-n1c(NS(=O)(=O)C(C)Cc2ncc(F)cn2)nnc1-c1ccccc1. The summed E-state index contributed by atoms with van der Waals surface area (Å²) in [5.41, 5.74) is 0.847. The van der Waals surface area contributed by atoms with E-state index in [9.17, 15) is 12.8 Å². The van der Waals surface area contributed by atoms with Crippen LogP contribution in [0.3, 0.4) is 0 Å². The number of aromatic nitrogens is 7. The fourth-order valence-electron chi connectivity index (χ4n) is 3.21. The lowest BCUT2D eigenvalue weighted by molar-refractivity contribution is 0.368. The van der Waals surface area contributed by atoms with Gasteiger partial charge in [0.2, 0.25) is 27.7 Å². The number of ether oxygens (including phenoxy) is 2. The Balaban J connectivity index is 1.79. The van der Waals surface area contributed by atoms with E-state index in [4.69, 9.17) is 9.47 Å². The van der Waals surface area contributed by atoms with Crippen LogP contribution >= 0.6 is 0 Å². The third kappa shape index (κ3) is 5.01. The van der Waals surface area contributed by atoms with Gasteiger partial charge in [-0.25, -0.2) is 22.8 Å². The lowest BCUT2D eigenvalue weighted by atomic mass is 10.2. The van der Waals surface area contributed by atoms with Gasteiger partial charge < -0.3 is 9.47 Å². The molecule has 3 heterocycles. The van der Waals surface area contributed by atoms with Crippen molar-refractivity contribution < 1.29 is 22.3 Å². The van der Waals surface area contributed by atoms with E-state index in [1.807, 2.05) is 6.07 Å². The molecule has 0 spiro atoms. The molecule has 14 heteroatoms. The van der Waals surface area contributed by atoms with Gasteiger partial charge in [0.15, 0.2) is 17.3 Å². The fourth-order valence-corrected chi connectivity index (χ4v) is 4.17. The smallest absolute Gasteiger partial charge is 0.245 e. The van der Waals surface area contributed by atoms with Crippen molar-refractivity contribution >= 4 is 16.0 Å². The molecule has 1 N–H and O–H groups in total. The van der Waals surface area contributed by atoms with Gasteiger partial charge in [-0.15, -0.1) is 10.2 Å². The molecule has 12 nitrogen and oxygen atoms in total. The molecule has 3 aromatic heterocycles. The summed E-state index contributed by atoms with van der Waals surface area (Å²) < 4.78 is 54.2. The first-order valence-electron chi connectivity index (χ1n) is 10.3. The summed E-state index contributed by atoms with van der Waals surface area (Å²) in [5.74, 6) is -0.0529. The molecule has 0 aliphatic heterocycles. The number of rotatable bonds is 9. The monoisotopic (exact) mass is 500 g/mol. The topological polar surface area (TPSA) is 147 Å². The van der Waals surface area contributed by atoms with Crippen LogP contribution in [0.1, 0.15) is 12.7 Å². The Bertz CT molecular complexity index is 1390. The third-order valence-corrected chi connectivity index (χ3v) is 6.66. The average molecular weight is 501 g/mol. The molecular formula is C21H21FN8O4S. The van der Waals surface area contributed by atoms with Crippen LogP contribution in [-0.2, 0) is 16.4 Å². The molecule has 1 unspecified atom stereocenters. The predicted octanol–water partition coefficient (Wildman–Crippen LogP) is 2.04. The van der Waals surface area contributed by atoms with Gasteiger partial charge in [0.1, 0.15) is 12.2 Å². The number of hydrogen-bond acceptors (Lipinski definition) is 10. The molecule has 0 bridgehead atoms. The molecular weight excluding hydrogens is 479 g/mol. The Labute approximate surface area is 200 Å². The minimum Gasteiger partial charge on any atom is -0.479 e. The third-order valence-electron chi connectivity index (χ3n) is 4.97. The quantitative estimate of drug-likeness (QED) is 0.362. The van der Waals surface area contributed by atoms with Crippen molar-refractivity contribution in [2.24, 2.45) is 0 Å². The van der Waals surface area contributed by atoms with Crippen LogP contribution in [0.15, 0.2) is 49.1 Å². The molecule has 4 aromatic rings. The minimum atomic E-state index is -4.03. The molecule has 4 rings (SSSR count). The van der Waals surface area contributed by atoms with Crippen molar-refractivity contribution in [3.8, 4) is 28.8 Å². The summed E-state index contributed by atoms with van der Waals surface area (Å²) in [6, 6.07) is 9.02.